The lowest BCUT2D eigenvalue weighted by atomic mass is 9.91. The number of Topliss-reactive ketones (excluding diaryl/α,β-unsaturated/α-hetero) is 1. The quantitative estimate of drug-likeness (QED) is 0.801. The van der Waals surface area contributed by atoms with E-state index in [9.17, 15) is 22.8 Å². The predicted octanol–water partition coefficient (Wildman–Crippen LogP) is 2.83. The minimum Gasteiger partial charge on any atom is -0.307 e. The van der Waals surface area contributed by atoms with Crippen molar-refractivity contribution in [3.05, 3.63) is 29.6 Å². The summed E-state index contributed by atoms with van der Waals surface area (Å²) >= 11 is 0. The Hall–Kier alpha value is -1.85. The Morgan fingerprint density at radius 3 is 2.45 bits per heavy atom. The number of piperidine rings is 1. The Morgan fingerprint density at radius 2 is 1.90 bits per heavy atom. The number of rotatable bonds is 3. The van der Waals surface area contributed by atoms with E-state index in [0.29, 0.717) is 25.0 Å². The number of hydrogen-bond donors (Lipinski definition) is 0. The highest BCUT2D eigenvalue weighted by Crippen LogP contribution is 2.30. The van der Waals surface area contributed by atoms with Crippen LogP contribution in [0.25, 0.3) is 0 Å². The summed E-state index contributed by atoms with van der Waals surface area (Å²) in [6.07, 6.45) is 1.05. The van der Waals surface area contributed by atoms with Gasteiger partial charge in [-0.05, 0) is 12.8 Å². The van der Waals surface area contributed by atoms with Crippen LogP contribution in [-0.4, -0.2) is 18.2 Å². The van der Waals surface area contributed by atoms with Crippen LogP contribution in [0.1, 0.15) is 26.2 Å². The van der Waals surface area contributed by atoms with Crippen molar-refractivity contribution in [3.63, 3.8) is 0 Å². The number of halogens is 3. The Labute approximate surface area is 114 Å². The summed E-state index contributed by atoms with van der Waals surface area (Å²) in [7, 11) is 0. The summed E-state index contributed by atoms with van der Waals surface area (Å²) in [5, 5.41) is 0. The zero-order chi connectivity index (χ0) is 14.9. The summed E-state index contributed by atoms with van der Waals surface area (Å²) in [5.74, 6) is -5.05. The first kappa shape index (κ1) is 14.6. The molecule has 0 unspecified atom stereocenters. The second-order valence-electron chi connectivity index (χ2n) is 4.72. The molecule has 1 saturated heterocycles. The van der Waals surface area contributed by atoms with Gasteiger partial charge in [0.25, 0.3) is 0 Å². The topological polar surface area (TPSA) is 37.4 Å². The fourth-order valence-electron chi connectivity index (χ4n) is 2.43. The van der Waals surface area contributed by atoms with Gasteiger partial charge in [0.15, 0.2) is 11.6 Å². The molecule has 0 N–H and O–H groups in total. The van der Waals surface area contributed by atoms with Gasteiger partial charge in [-0.1, -0.05) is 6.92 Å². The van der Waals surface area contributed by atoms with Crippen molar-refractivity contribution in [2.75, 3.05) is 11.4 Å². The van der Waals surface area contributed by atoms with E-state index in [1.165, 1.54) is 0 Å². The van der Waals surface area contributed by atoms with Gasteiger partial charge in [0.05, 0.1) is 5.92 Å². The Bertz CT molecular complexity index is 536. The lowest BCUT2D eigenvalue weighted by Gasteiger charge is -2.31. The normalized spacial score (nSPS) is 19.3. The van der Waals surface area contributed by atoms with Crippen molar-refractivity contribution in [3.8, 4) is 0 Å². The maximum atomic E-state index is 13.7. The van der Waals surface area contributed by atoms with Gasteiger partial charge in [-0.3, -0.25) is 9.59 Å². The molecular formula is C14H14F3NO2. The lowest BCUT2D eigenvalue weighted by molar-refractivity contribution is -0.133. The van der Waals surface area contributed by atoms with Gasteiger partial charge in [0, 0.05) is 25.1 Å². The smallest absolute Gasteiger partial charge is 0.237 e. The van der Waals surface area contributed by atoms with Crippen molar-refractivity contribution in [1.82, 2.24) is 0 Å². The van der Waals surface area contributed by atoms with E-state index in [1.807, 2.05) is 0 Å². The van der Waals surface area contributed by atoms with Gasteiger partial charge in [0.2, 0.25) is 5.91 Å². The molecule has 0 spiro atoms. The molecule has 0 radical (unpaired) electrons. The van der Waals surface area contributed by atoms with Crippen LogP contribution >= 0.6 is 0 Å². The molecule has 2 rings (SSSR count). The van der Waals surface area contributed by atoms with E-state index in [2.05, 4.69) is 0 Å². The first-order chi connectivity index (χ1) is 9.45. The average Bonchev–Trinajstić information content (AvgIpc) is 2.38. The first-order valence-corrected chi connectivity index (χ1v) is 6.44. The van der Waals surface area contributed by atoms with E-state index >= 15 is 0 Å². The highest BCUT2D eigenvalue weighted by atomic mass is 19.1. The molecule has 108 valence electrons. The van der Waals surface area contributed by atoms with Crippen molar-refractivity contribution in [2.24, 2.45) is 5.92 Å². The van der Waals surface area contributed by atoms with Gasteiger partial charge in [-0.25, -0.2) is 13.2 Å². The SMILES string of the molecule is CCC(=O)[C@@H]1CCCN(c2c(F)cc(F)cc2F)C1=O. The molecule has 0 bridgehead atoms. The number of nitrogens with zero attached hydrogens (tertiary/aromatic N) is 1. The summed E-state index contributed by atoms with van der Waals surface area (Å²) < 4.78 is 40.3. The van der Waals surface area contributed by atoms with Gasteiger partial charge >= 0.3 is 0 Å². The summed E-state index contributed by atoms with van der Waals surface area (Å²) in [6, 6.07) is 1.05. The summed E-state index contributed by atoms with van der Waals surface area (Å²) in [4.78, 5) is 24.8. The van der Waals surface area contributed by atoms with E-state index in [-0.39, 0.29) is 18.7 Å². The maximum absolute atomic E-state index is 13.7. The number of carbonyl (C=O) groups is 2. The van der Waals surface area contributed by atoms with Crippen LogP contribution in [0.3, 0.4) is 0 Å². The average molecular weight is 285 g/mol. The minimum atomic E-state index is -1.14. The zero-order valence-electron chi connectivity index (χ0n) is 11.0. The molecule has 1 aliphatic heterocycles. The third kappa shape index (κ3) is 2.55. The van der Waals surface area contributed by atoms with Crippen molar-refractivity contribution >= 4 is 17.4 Å². The van der Waals surface area contributed by atoms with Crippen molar-refractivity contribution < 1.29 is 22.8 Å². The summed E-state index contributed by atoms with van der Waals surface area (Å²) in [5.41, 5.74) is -0.579. The Morgan fingerprint density at radius 1 is 1.30 bits per heavy atom. The molecule has 1 atom stereocenters. The van der Waals surface area contributed by atoms with Crippen LogP contribution < -0.4 is 4.90 Å². The number of benzene rings is 1. The van der Waals surface area contributed by atoms with Crippen LogP contribution in [0.2, 0.25) is 0 Å². The monoisotopic (exact) mass is 285 g/mol. The number of hydrogen-bond acceptors (Lipinski definition) is 2. The Balaban J connectivity index is 2.38. The van der Waals surface area contributed by atoms with Gasteiger partial charge in [-0.15, -0.1) is 0 Å². The van der Waals surface area contributed by atoms with Crippen LogP contribution in [0.4, 0.5) is 18.9 Å². The number of ketones is 1. The van der Waals surface area contributed by atoms with Gasteiger partial charge in [0.1, 0.15) is 17.3 Å². The molecule has 1 amide bonds. The second kappa shape index (κ2) is 5.64. The van der Waals surface area contributed by atoms with Crippen molar-refractivity contribution in [1.29, 1.82) is 0 Å². The number of anilines is 1. The van der Waals surface area contributed by atoms with E-state index in [4.69, 9.17) is 0 Å². The van der Waals surface area contributed by atoms with E-state index < -0.39 is 35.0 Å². The standard InChI is InChI=1S/C14H14F3NO2/c1-2-12(19)9-4-3-5-18(14(9)20)13-10(16)6-8(15)7-11(13)17/h6-7,9H,2-5H2,1H3/t9-/m0/s1. The molecule has 1 heterocycles. The number of carbonyl (C=O) groups excluding carboxylic acids is 2. The molecule has 1 aromatic carbocycles. The van der Waals surface area contributed by atoms with Gasteiger partial charge in [-0.2, -0.15) is 0 Å². The fourth-order valence-corrected chi connectivity index (χ4v) is 2.43. The molecular weight excluding hydrogens is 271 g/mol. The van der Waals surface area contributed by atoms with Gasteiger partial charge < -0.3 is 4.90 Å². The largest absolute Gasteiger partial charge is 0.307 e. The van der Waals surface area contributed by atoms with E-state index in [1.54, 1.807) is 6.92 Å². The molecule has 6 heteroatoms. The second-order valence-corrected chi connectivity index (χ2v) is 4.72. The maximum Gasteiger partial charge on any atom is 0.237 e. The molecule has 1 fully saturated rings. The molecule has 1 aromatic rings. The minimum absolute atomic E-state index is 0.117. The lowest BCUT2D eigenvalue weighted by Crippen LogP contribution is -2.45. The molecule has 0 saturated carbocycles. The Kier molecular flexibility index (Phi) is 4.11. The number of amides is 1. The van der Waals surface area contributed by atoms with Crippen LogP contribution in [-0.2, 0) is 9.59 Å². The predicted molar refractivity (Wildman–Crippen MR) is 66.7 cm³/mol. The van der Waals surface area contributed by atoms with Crippen molar-refractivity contribution in [2.45, 2.75) is 26.2 Å². The zero-order valence-corrected chi connectivity index (χ0v) is 11.0. The molecule has 20 heavy (non-hydrogen) atoms. The molecule has 0 aliphatic carbocycles. The first-order valence-electron chi connectivity index (χ1n) is 6.44. The van der Waals surface area contributed by atoms with Crippen LogP contribution in [0.15, 0.2) is 12.1 Å². The highest BCUT2D eigenvalue weighted by Gasteiger charge is 2.36. The molecule has 1 aliphatic rings. The van der Waals surface area contributed by atoms with Crippen LogP contribution in [0, 0.1) is 23.4 Å². The van der Waals surface area contributed by atoms with Crippen LogP contribution in [0.5, 0.6) is 0 Å². The summed E-state index contributed by atoms with van der Waals surface area (Å²) in [6.45, 7) is 1.75. The molecule has 0 aromatic heterocycles. The molecule has 3 nitrogen and oxygen atoms in total. The third-order valence-electron chi connectivity index (χ3n) is 3.43. The third-order valence-corrected chi connectivity index (χ3v) is 3.43. The fraction of sp³-hybridized carbons (Fsp3) is 0.429. The van der Waals surface area contributed by atoms with E-state index in [0.717, 1.165) is 4.90 Å². The highest BCUT2D eigenvalue weighted by molar-refractivity contribution is 6.09.